The summed E-state index contributed by atoms with van der Waals surface area (Å²) < 4.78 is 24.6. The van der Waals surface area contributed by atoms with Crippen molar-refractivity contribution in [3.8, 4) is 5.95 Å². The highest BCUT2D eigenvalue weighted by Crippen LogP contribution is 2.29. The van der Waals surface area contributed by atoms with E-state index in [1.807, 2.05) is 48.8 Å². The van der Waals surface area contributed by atoms with Gasteiger partial charge in [-0.05, 0) is 32.6 Å². The molecule has 0 bridgehead atoms. The van der Waals surface area contributed by atoms with E-state index in [4.69, 9.17) is 24.7 Å². The van der Waals surface area contributed by atoms with Gasteiger partial charge in [-0.2, -0.15) is 9.97 Å². The van der Waals surface area contributed by atoms with Crippen LogP contribution in [0.4, 0.5) is 10.2 Å². The van der Waals surface area contributed by atoms with Crippen molar-refractivity contribution in [2.24, 2.45) is 7.05 Å². The fraction of sp³-hybridized carbons (Fsp3) is 0.556. The summed E-state index contributed by atoms with van der Waals surface area (Å²) in [4.78, 5) is 26.4. The minimum Gasteiger partial charge on any atom is -0.378 e. The Labute approximate surface area is 222 Å². The first kappa shape index (κ1) is 25.1. The molecule has 2 fully saturated rings. The standard InChI is InChI=1S/C27H36FN9O/c1-5-22-29-19-8-6-7-9-21(19)37(22)27-31-25-24(26(32-27)36-12-14-38-15-13-36)30-23(34(25)4)17-35-11-10-20(33(2)3)18(28)16-35/h6-9,18,20H,5,10-17H2,1-4H3. The van der Waals surface area contributed by atoms with Crippen molar-refractivity contribution in [2.75, 3.05) is 58.4 Å². The molecule has 0 N–H and O–H groups in total. The molecule has 1 aromatic carbocycles. The summed E-state index contributed by atoms with van der Waals surface area (Å²) in [6.45, 7) is 6.68. The van der Waals surface area contributed by atoms with E-state index in [0.29, 0.717) is 32.3 Å². The number of fused-ring (bicyclic) bond motifs is 2. The summed E-state index contributed by atoms with van der Waals surface area (Å²) in [5.74, 6) is 3.18. The molecule has 0 saturated carbocycles. The van der Waals surface area contributed by atoms with E-state index in [0.717, 1.165) is 72.1 Å². The van der Waals surface area contributed by atoms with E-state index in [1.165, 1.54) is 0 Å². The van der Waals surface area contributed by atoms with Crippen LogP contribution >= 0.6 is 0 Å². The minimum absolute atomic E-state index is 0.0363. The predicted molar refractivity (Wildman–Crippen MR) is 146 cm³/mol. The van der Waals surface area contributed by atoms with Gasteiger partial charge in [0, 0.05) is 45.7 Å². The van der Waals surface area contributed by atoms with E-state index in [1.54, 1.807) is 0 Å². The number of imidazole rings is 2. The molecule has 5 heterocycles. The lowest BCUT2D eigenvalue weighted by molar-refractivity contribution is 0.0530. The van der Waals surface area contributed by atoms with Gasteiger partial charge in [-0.3, -0.25) is 9.47 Å². The van der Waals surface area contributed by atoms with Crippen LogP contribution in [0.2, 0.25) is 0 Å². The largest absolute Gasteiger partial charge is 0.378 e. The molecule has 0 radical (unpaired) electrons. The van der Waals surface area contributed by atoms with Gasteiger partial charge in [-0.15, -0.1) is 0 Å². The van der Waals surface area contributed by atoms with Gasteiger partial charge in [-0.25, -0.2) is 14.4 Å². The van der Waals surface area contributed by atoms with Gasteiger partial charge in [0.25, 0.3) is 0 Å². The zero-order valence-electron chi connectivity index (χ0n) is 22.6. The number of hydrogen-bond donors (Lipinski definition) is 0. The maximum atomic E-state index is 14.9. The lowest BCUT2D eigenvalue weighted by Gasteiger charge is -2.37. The van der Waals surface area contributed by atoms with Crippen LogP contribution in [-0.2, 0) is 24.8 Å². The SMILES string of the molecule is CCc1nc2ccccc2n1-c1nc(N2CCOCC2)c2nc(CN3CCC(N(C)C)C(F)C3)n(C)c2n1. The molecular formula is C27H36FN9O. The number of halogens is 1. The lowest BCUT2D eigenvalue weighted by Crippen LogP contribution is -2.50. The molecule has 0 amide bonds. The molecule has 38 heavy (non-hydrogen) atoms. The smallest absolute Gasteiger partial charge is 0.239 e. The van der Waals surface area contributed by atoms with Gasteiger partial charge in [0.05, 0.1) is 30.8 Å². The first-order chi connectivity index (χ1) is 18.4. The van der Waals surface area contributed by atoms with Crippen LogP contribution in [0.5, 0.6) is 0 Å². The van der Waals surface area contributed by atoms with Crippen LogP contribution in [0, 0.1) is 0 Å². The molecule has 11 heteroatoms. The summed E-state index contributed by atoms with van der Waals surface area (Å²) in [5.41, 5.74) is 3.45. The number of ether oxygens (including phenoxy) is 1. The fourth-order valence-electron chi connectivity index (χ4n) is 5.73. The number of benzene rings is 1. The third kappa shape index (κ3) is 4.42. The molecule has 2 unspecified atom stereocenters. The second kappa shape index (κ2) is 10.2. The van der Waals surface area contributed by atoms with Crippen molar-refractivity contribution in [3.63, 3.8) is 0 Å². The Morgan fingerprint density at radius 1 is 1.03 bits per heavy atom. The number of anilines is 1. The first-order valence-corrected chi connectivity index (χ1v) is 13.5. The molecule has 202 valence electrons. The van der Waals surface area contributed by atoms with Crippen molar-refractivity contribution in [1.29, 1.82) is 0 Å². The molecule has 4 aromatic rings. The quantitative estimate of drug-likeness (QED) is 0.383. The highest BCUT2D eigenvalue weighted by Gasteiger charge is 2.32. The molecule has 2 aliphatic rings. The Kier molecular flexibility index (Phi) is 6.75. The van der Waals surface area contributed by atoms with Gasteiger partial charge in [0.15, 0.2) is 17.0 Å². The van der Waals surface area contributed by atoms with Gasteiger partial charge in [0.1, 0.15) is 17.8 Å². The van der Waals surface area contributed by atoms with E-state index >= 15 is 0 Å². The maximum absolute atomic E-state index is 14.9. The number of alkyl halides is 1. The van der Waals surface area contributed by atoms with E-state index < -0.39 is 6.17 Å². The minimum atomic E-state index is -0.884. The molecule has 6 rings (SSSR count). The van der Waals surface area contributed by atoms with Crippen LogP contribution in [0.1, 0.15) is 25.0 Å². The maximum Gasteiger partial charge on any atom is 0.239 e. The number of morpholine rings is 1. The van der Waals surface area contributed by atoms with Gasteiger partial charge in [0.2, 0.25) is 5.95 Å². The van der Waals surface area contributed by atoms with Crippen LogP contribution in [0.25, 0.3) is 28.1 Å². The predicted octanol–water partition coefficient (Wildman–Crippen LogP) is 2.58. The zero-order chi connectivity index (χ0) is 26.4. The third-order valence-electron chi connectivity index (χ3n) is 7.86. The van der Waals surface area contributed by atoms with Crippen molar-refractivity contribution < 1.29 is 9.13 Å². The van der Waals surface area contributed by atoms with Crippen molar-refractivity contribution in [2.45, 2.75) is 38.5 Å². The number of aromatic nitrogens is 6. The number of aryl methyl sites for hydroxylation is 2. The van der Waals surface area contributed by atoms with E-state index in [2.05, 4.69) is 27.4 Å². The normalized spacial score (nSPS) is 21.3. The topological polar surface area (TPSA) is 80.4 Å². The van der Waals surface area contributed by atoms with Crippen molar-refractivity contribution in [3.05, 3.63) is 35.9 Å². The second-order valence-corrected chi connectivity index (χ2v) is 10.5. The Hall–Kier alpha value is -3.15. The van der Waals surface area contributed by atoms with E-state index in [-0.39, 0.29) is 6.04 Å². The monoisotopic (exact) mass is 521 g/mol. The number of rotatable bonds is 6. The summed E-state index contributed by atoms with van der Waals surface area (Å²) in [7, 11) is 5.90. The third-order valence-corrected chi connectivity index (χ3v) is 7.86. The summed E-state index contributed by atoms with van der Waals surface area (Å²) in [5, 5.41) is 0. The van der Waals surface area contributed by atoms with Crippen molar-refractivity contribution >= 4 is 28.0 Å². The fourth-order valence-corrected chi connectivity index (χ4v) is 5.73. The van der Waals surface area contributed by atoms with Gasteiger partial charge in [-0.1, -0.05) is 19.1 Å². The van der Waals surface area contributed by atoms with Gasteiger partial charge < -0.3 is 19.1 Å². The summed E-state index contributed by atoms with van der Waals surface area (Å²) in [6.07, 6.45) is 0.673. The van der Waals surface area contributed by atoms with Crippen LogP contribution in [0.15, 0.2) is 24.3 Å². The Balaban J connectivity index is 1.44. The lowest BCUT2D eigenvalue weighted by atomic mass is 10.0. The molecule has 2 aliphatic heterocycles. The first-order valence-electron chi connectivity index (χ1n) is 13.5. The van der Waals surface area contributed by atoms with Crippen LogP contribution < -0.4 is 4.90 Å². The Morgan fingerprint density at radius 2 is 1.82 bits per heavy atom. The van der Waals surface area contributed by atoms with E-state index in [9.17, 15) is 4.39 Å². The number of para-hydroxylation sites is 2. The van der Waals surface area contributed by atoms with Crippen molar-refractivity contribution in [1.82, 2.24) is 38.9 Å². The zero-order valence-corrected chi connectivity index (χ0v) is 22.6. The average Bonchev–Trinajstić information content (AvgIpc) is 3.46. The number of likely N-dealkylation sites (tertiary alicyclic amines) is 1. The average molecular weight is 522 g/mol. The Morgan fingerprint density at radius 3 is 2.55 bits per heavy atom. The number of nitrogens with zero attached hydrogens (tertiary/aromatic N) is 9. The molecule has 10 nitrogen and oxygen atoms in total. The highest BCUT2D eigenvalue weighted by molar-refractivity contribution is 5.86. The molecule has 0 aliphatic carbocycles. The molecule has 2 saturated heterocycles. The van der Waals surface area contributed by atoms with Crippen LogP contribution in [0.3, 0.4) is 0 Å². The highest BCUT2D eigenvalue weighted by atomic mass is 19.1. The number of hydrogen-bond acceptors (Lipinski definition) is 8. The second-order valence-electron chi connectivity index (χ2n) is 10.5. The molecule has 2 atom stereocenters. The summed E-state index contributed by atoms with van der Waals surface area (Å²) >= 11 is 0. The molecule has 3 aromatic heterocycles. The van der Waals surface area contributed by atoms with Crippen LogP contribution in [-0.4, -0.2) is 105 Å². The Bertz CT molecular complexity index is 1440. The van der Waals surface area contributed by atoms with Gasteiger partial charge >= 0.3 is 0 Å². The number of piperidine rings is 1. The molecule has 0 spiro atoms. The molecular weight excluding hydrogens is 485 g/mol. The summed E-state index contributed by atoms with van der Waals surface area (Å²) in [6, 6.07) is 8.06.